The van der Waals surface area contributed by atoms with Gasteiger partial charge in [-0.1, -0.05) is 93.7 Å². The van der Waals surface area contributed by atoms with Gasteiger partial charge in [0.15, 0.2) is 11.6 Å². The number of Topliss-reactive ketones (excluding diaryl/α,β-unsaturated/α-hetero) is 2. The normalized spacial score (nSPS) is 21.2. The maximum absolute atomic E-state index is 14.9. The second-order valence-electron chi connectivity index (χ2n) is 22.0. The Morgan fingerprint density at radius 3 is 1.35 bits per heavy atom. The third-order valence-corrected chi connectivity index (χ3v) is 17.1. The molecule has 4 N–H and O–H groups in total. The van der Waals surface area contributed by atoms with E-state index in [1.54, 1.807) is 77.6 Å². The molecule has 416 valence electrons. The molecule has 0 amide bonds. The van der Waals surface area contributed by atoms with Gasteiger partial charge in [0.25, 0.3) is 0 Å². The molecule has 8 aromatic rings. The summed E-state index contributed by atoms with van der Waals surface area (Å²) in [6.45, 7) is 0.628. The Labute approximate surface area is 471 Å². The lowest BCUT2D eigenvalue weighted by Gasteiger charge is -2.56. The molecular weight excluding hydrogens is 1090 g/mol. The summed E-state index contributed by atoms with van der Waals surface area (Å²) in [7, 11) is -1.34. The molecule has 0 atom stereocenters. The Hall–Kier alpha value is -7.14. The molecule has 4 saturated carbocycles. The summed E-state index contributed by atoms with van der Waals surface area (Å²) in [5, 5.41) is 36.2. The van der Waals surface area contributed by atoms with Gasteiger partial charge in [-0.05, 0) is 167 Å². The number of benzene rings is 6. The van der Waals surface area contributed by atoms with E-state index in [1.807, 2.05) is 47.0 Å². The number of ketones is 2. The highest BCUT2D eigenvalue weighted by Crippen LogP contribution is 2.63. The molecule has 10 nitrogen and oxygen atoms in total. The van der Waals surface area contributed by atoms with Gasteiger partial charge in [0.1, 0.15) is 23.3 Å². The number of rotatable bonds is 14. The quantitative estimate of drug-likeness (QED) is 0.0476. The molecular formula is C64H64BBrF4N2O8. The van der Waals surface area contributed by atoms with E-state index >= 15 is 0 Å². The van der Waals surface area contributed by atoms with Gasteiger partial charge >= 0.3 is 19.1 Å². The number of aromatic nitrogens is 2. The Morgan fingerprint density at radius 1 is 0.525 bits per heavy atom. The van der Waals surface area contributed by atoms with Crippen molar-refractivity contribution in [3.05, 3.63) is 196 Å². The summed E-state index contributed by atoms with van der Waals surface area (Å²) >= 11 is 3.14. The Bertz CT molecular complexity index is 3560. The largest absolute Gasteiger partial charge is 0.488 e. The summed E-state index contributed by atoms with van der Waals surface area (Å²) in [5.74, 6) is -3.05. The lowest BCUT2D eigenvalue weighted by atomic mass is 9.47. The van der Waals surface area contributed by atoms with Gasteiger partial charge in [-0.3, -0.25) is 19.2 Å². The molecule has 2 spiro atoms. The van der Waals surface area contributed by atoms with Gasteiger partial charge in [0.2, 0.25) is 0 Å². The number of hydrogen-bond donors (Lipinski definition) is 4. The van der Waals surface area contributed by atoms with E-state index in [0.717, 1.165) is 36.8 Å². The molecule has 4 aliphatic rings. The van der Waals surface area contributed by atoms with Crippen molar-refractivity contribution >= 4 is 73.8 Å². The van der Waals surface area contributed by atoms with Crippen molar-refractivity contribution in [2.75, 3.05) is 0 Å². The number of carboxylic acids is 2. The van der Waals surface area contributed by atoms with E-state index in [2.05, 4.69) is 15.9 Å². The number of fused-ring (bicyclic) bond motifs is 2. The standard InChI is InChI=1S/C31H27F2NO3.C25H22BrF2NO3.C6H7BO2.2CH4/c32-26-9-8-25(28(35)13-20-14-31(15-20)16-22(17-31)30(36)37)29-24(26)10-11-34(29)18-19-6-7-23(27(33)12-19)21-4-2-1-3-5-21;26-19-3-1-14(7-21(19)28)13-29-6-5-17-20(27)4-2-18(23(17)29)22(30)8-15-9-25(10-15)11-16(12-25)24(31)32;8-7(9)6-4-2-1-3-5-6;;/h1-12,20,22H,13-18H2,(H,36,37);1-7,15-16H,8-13H2,(H,31,32);1-5,8-9H;2*1H4. The van der Waals surface area contributed by atoms with Crippen molar-refractivity contribution in [3.8, 4) is 11.1 Å². The summed E-state index contributed by atoms with van der Waals surface area (Å²) in [6.07, 6.45) is 10.5. The molecule has 4 aliphatic carbocycles. The Kier molecular flexibility index (Phi) is 17.9. The monoisotopic (exact) mass is 1150 g/mol. The van der Waals surface area contributed by atoms with E-state index in [1.165, 1.54) is 30.3 Å². The third kappa shape index (κ3) is 12.4. The minimum Gasteiger partial charge on any atom is -0.481 e. The Balaban J connectivity index is 0.000000179. The number of halogens is 5. The number of carbonyl (C=O) groups is 4. The summed E-state index contributed by atoms with van der Waals surface area (Å²) in [4.78, 5) is 48.7. The van der Waals surface area contributed by atoms with Crippen LogP contribution in [-0.4, -0.2) is 60.0 Å². The molecule has 0 radical (unpaired) electrons. The summed E-state index contributed by atoms with van der Waals surface area (Å²) in [5.41, 5.74) is 5.48. The fourth-order valence-electron chi connectivity index (χ4n) is 12.8. The van der Waals surface area contributed by atoms with Crippen LogP contribution in [0.5, 0.6) is 0 Å². The van der Waals surface area contributed by atoms with E-state index in [9.17, 15) is 36.7 Å². The van der Waals surface area contributed by atoms with Crippen molar-refractivity contribution in [2.45, 2.75) is 92.2 Å². The molecule has 12 rings (SSSR count). The number of carbonyl (C=O) groups excluding carboxylic acids is 2. The number of carboxylic acid groups (broad SMARTS) is 2. The molecule has 0 bridgehead atoms. The zero-order valence-corrected chi connectivity index (χ0v) is 44.0. The van der Waals surface area contributed by atoms with Gasteiger partial charge < -0.3 is 29.4 Å². The van der Waals surface area contributed by atoms with Crippen LogP contribution in [0.25, 0.3) is 32.9 Å². The minimum absolute atomic E-state index is 0. The van der Waals surface area contributed by atoms with Gasteiger partial charge in [-0.25, -0.2) is 17.6 Å². The minimum atomic E-state index is -1.34. The smallest absolute Gasteiger partial charge is 0.481 e. The average Bonchev–Trinajstić information content (AvgIpc) is 4.12. The van der Waals surface area contributed by atoms with Crippen molar-refractivity contribution in [1.29, 1.82) is 0 Å². The lowest BCUT2D eigenvalue weighted by molar-refractivity contribution is -0.158. The molecule has 4 fully saturated rings. The van der Waals surface area contributed by atoms with Crippen LogP contribution in [0.2, 0.25) is 0 Å². The van der Waals surface area contributed by atoms with Crippen molar-refractivity contribution < 1.29 is 57.0 Å². The van der Waals surface area contributed by atoms with Crippen LogP contribution in [0, 0.1) is 57.8 Å². The van der Waals surface area contributed by atoms with E-state index < -0.39 is 30.7 Å². The van der Waals surface area contributed by atoms with E-state index in [0.29, 0.717) is 106 Å². The zero-order chi connectivity index (χ0) is 55.0. The molecule has 2 aromatic heterocycles. The van der Waals surface area contributed by atoms with E-state index in [4.69, 9.17) is 20.3 Å². The second kappa shape index (κ2) is 24.3. The fourth-order valence-corrected chi connectivity index (χ4v) is 13.1. The van der Waals surface area contributed by atoms with Crippen LogP contribution in [0.15, 0.2) is 150 Å². The van der Waals surface area contributed by atoms with Crippen LogP contribution >= 0.6 is 15.9 Å². The summed E-state index contributed by atoms with van der Waals surface area (Å²) in [6, 6.07) is 37.0. The maximum atomic E-state index is 14.9. The number of aliphatic carboxylic acids is 2. The van der Waals surface area contributed by atoms with Gasteiger partial charge in [-0.15, -0.1) is 0 Å². The lowest BCUT2D eigenvalue weighted by Crippen LogP contribution is -2.50. The predicted molar refractivity (Wildman–Crippen MR) is 307 cm³/mol. The fraction of sp³-hybridized carbons (Fsp3) is 0.312. The molecule has 16 heteroatoms. The molecule has 2 heterocycles. The highest BCUT2D eigenvalue weighted by molar-refractivity contribution is 9.10. The van der Waals surface area contributed by atoms with Crippen LogP contribution in [0.1, 0.15) is 111 Å². The number of hydrogen-bond acceptors (Lipinski definition) is 6. The first-order chi connectivity index (χ1) is 37.4. The van der Waals surface area contributed by atoms with Gasteiger partial charge in [0, 0.05) is 65.8 Å². The molecule has 0 aliphatic heterocycles. The van der Waals surface area contributed by atoms with Crippen LogP contribution in [0.3, 0.4) is 0 Å². The zero-order valence-electron chi connectivity index (χ0n) is 42.4. The van der Waals surface area contributed by atoms with Crippen molar-refractivity contribution in [2.24, 2.45) is 34.5 Å². The maximum Gasteiger partial charge on any atom is 0.488 e. The SMILES string of the molecule is C.C.O=C(CC1CC2(C1)CC(C(=O)O)C2)c1ccc(F)c2ccn(Cc3ccc(-c4ccccc4)c(F)c3)c12.O=C(CC1CC2(C1)CC(C(=O)O)C2)c1ccc(F)c2ccn(Cc3ccc(Br)c(F)c3)c12.OB(O)c1ccccc1. The van der Waals surface area contributed by atoms with Crippen molar-refractivity contribution in [3.63, 3.8) is 0 Å². The molecule has 0 saturated heterocycles. The number of nitrogens with zero attached hydrogens (tertiary/aromatic N) is 2. The first kappa shape index (κ1) is 59.0. The van der Waals surface area contributed by atoms with Gasteiger partial charge in [-0.2, -0.15) is 0 Å². The first-order valence-corrected chi connectivity index (χ1v) is 26.9. The molecule has 0 unspecified atom stereocenters. The first-order valence-electron chi connectivity index (χ1n) is 26.1. The Morgan fingerprint density at radius 2 is 0.950 bits per heavy atom. The van der Waals surface area contributed by atoms with E-state index in [-0.39, 0.29) is 72.6 Å². The highest BCUT2D eigenvalue weighted by Gasteiger charge is 2.56. The highest BCUT2D eigenvalue weighted by atomic mass is 79.9. The van der Waals surface area contributed by atoms with Crippen LogP contribution in [0.4, 0.5) is 17.6 Å². The van der Waals surface area contributed by atoms with Crippen LogP contribution in [-0.2, 0) is 22.7 Å². The third-order valence-electron chi connectivity index (χ3n) is 16.5. The second-order valence-corrected chi connectivity index (χ2v) is 22.9. The summed E-state index contributed by atoms with van der Waals surface area (Å²) < 4.78 is 62.0. The topological polar surface area (TPSA) is 159 Å². The average molecular weight is 1160 g/mol. The van der Waals surface area contributed by atoms with Crippen LogP contribution < -0.4 is 5.46 Å². The van der Waals surface area contributed by atoms with Gasteiger partial charge in [0.05, 0.1) is 27.3 Å². The predicted octanol–water partition coefficient (Wildman–Crippen LogP) is 13.9. The van der Waals surface area contributed by atoms with Crippen molar-refractivity contribution in [1.82, 2.24) is 9.13 Å². The molecule has 6 aromatic carbocycles. The molecule has 80 heavy (non-hydrogen) atoms.